The van der Waals surface area contributed by atoms with Crippen LogP contribution in [0.5, 0.6) is 0 Å². The van der Waals surface area contributed by atoms with E-state index in [2.05, 4.69) is 35.2 Å². The van der Waals surface area contributed by atoms with Gasteiger partial charge in [-0.25, -0.2) is 0 Å². The summed E-state index contributed by atoms with van der Waals surface area (Å²) in [5.74, 6) is 0. The van der Waals surface area contributed by atoms with Crippen LogP contribution < -0.4 is 10.4 Å². The molecule has 0 bridgehead atoms. The first-order valence-electron chi connectivity index (χ1n) is 10.2. The maximum Gasteiger partial charge on any atom is 0.488 e. The molecule has 154 valence electrons. The molecule has 4 aromatic rings. The third-order valence-electron chi connectivity index (χ3n) is 5.13. The monoisotopic (exact) mass is 416 g/mol. The van der Waals surface area contributed by atoms with Gasteiger partial charge in [0, 0.05) is 17.1 Å². The summed E-state index contributed by atoms with van der Waals surface area (Å²) >= 11 is 0. The first-order valence-corrected chi connectivity index (χ1v) is 10.2. The number of anilines is 3. The number of rotatable bonds is 6. The minimum atomic E-state index is -1.52. The predicted octanol–water partition coefficient (Wildman–Crippen LogP) is 4.90. The zero-order valence-corrected chi connectivity index (χ0v) is 17.3. The van der Waals surface area contributed by atoms with E-state index in [9.17, 15) is 15.3 Å². The molecule has 0 saturated heterocycles. The van der Waals surface area contributed by atoms with E-state index < -0.39 is 7.12 Å². The van der Waals surface area contributed by atoms with Gasteiger partial charge in [-0.2, -0.15) is 5.26 Å². The quantitative estimate of drug-likeness (QED) is 0.267. The van der Waals surface area contributed by atoms with E-state index in [1.807, 2.05) is 66.7 Å². The lowest BCUT2D eigenvalue weighted by atomic mass is 9.80. The zero-order valence-electron chi connectivity index (χ0n) is 17.3. The maximum atomic E-state index is 9.63. The molecule has 4 aromatic carbocycles. The summed E-state index contributed by atoms with van der Waals surface area (Å²) in [7, 11) is -1.52. The molecule has 4 nitrogen and oxygen atoms in total. The molecule has 0 aliphatic carbocycles. The first kappa shape index (κ1) is 21.1. The summed E-state index contributed by atoms with van der Waals surface area (Å²) in [4.78, 5) is 2.18. The summed E-state index contributed by atoms with van der Waals surface area (Å²) in [6.07, 6.45) is 1.82. The molecule has 2 N–H and O–H groups in total. The average molecular weight is 416 g/mol. The Balaban J connectivity index is 1.65. The van der Waals surface area contributed by atoms with Gasteiger partial charge in [0.25, 0.3) is 0 Å². The van der Waals surface area contributed by atoms with Crippen LogP contribution >= 0.6 is 0 Å². The third-order valence-corrected chi connectivity index (χ3v) is 5.13. The lowest BCUT2D eigenvalue weighted by Crippen LogP contribution is -2.29. The van der Waals surface area contributed by atoms with E-state index >= 15 is 0 Å². The van der Waals surface area contributed by atoms with Crippen LogP contribution in [0.2, 0.25) is 0 Å². The molecule has 5 heteroatoms. The molecule has 32 heavy (non-hydrogen) atoms. The minimum Gasteiger partial charge on any atom is -0.423 e. The normalized spacial score (nSPS) is 11.0. The van der Waals surface area contributed by atoms with Gasteiger partial charge in [0.15, 0.2) is 0 Å². The van der Waals surface area contributed by atoms with E-state index in [1.165, 1.54) is 0 Å². The second kappa shape index (κ2) is 9.80. The number of allylic oxidation sites excluding steroid dienone is 1. The fourth-order valence-corrected chi connectivity index (χ4v) is 3.50. The number of hydrogen-bond acceptors (Lipinski definition) is 4. The molecule has 0 aromatic heterocycles. The minimum absolute atomic E-state index is 0.386. The van der Waals surface area contributed by atoms with Gasteiger partial charge in [-0.3, -0.25) is 0 Å². The van der Waals surface area contributed by atoms with Crippen LogP contribution in [0.25, 0.3) is 11.6 Å². The topological polar surface area (TPSA) is 67.5 Å². The Morgan fingerprint density at radius 3 is 1.66 bits per heavy atom. The molecule has 0 amide bonds. The Kier molecular flexibility index (Phi) is 6.47. The number of benzene rings is 4. The zero-order chi connectivity index (χ0) is 22.3. The van der Waals surface area contributed by atoms with Crippen LogP contribution in [0.1, 0.15) is 11.1 Å². The van der Waals surface area contributed by atoms with Crippen molar-refractivity contribution in [1.29, 1.82) is 5.26 Å². The largest absolute Gasteiger partial charge is 0.488 e. The van der Waals surface area contributed by atoms with Gasteiger partial charge in [-0.1, -0.05) is 72.8 Å². The van der Waals surface area contributed by atoms with E-state index in [4.69, 9.17) is 0 Å². The van der Waals surface area contributed by atoms with Gasteiger partial charge in [-0.15, -0.1) is 0 Å². The predicted molar refractivity (Wildman–Crippen MR) is 131 cm³/mol. The Bertz CT molecular complexity index is 1190. The van der Waals surface area contributed by atoms with Crippen molar-refractivity contribution >= 4 is 41.3 Å². The molecule has 0 atom stereocenters. The third kappa shape index (κ3) is 4.79. The van der Waals surface area contributed by atoms with Crippen molar-refractivity contribution in [3.8, 4) is 6.07 Å². The van der Waals surface area contributed by atoms with Gasteiger partial charge in [0.05, 0.1) is 11.6 Å². The second-order valence-corrected chi connectivity index (χ2v) is 7.26. The summed E-state index contributed by atoms with van der Waals surface area (Å²) < 4.78 is 0. The highest BCUT2D eigenvalue weighted by atomic mass is 16.4. The van der Waals surface area contributed by atoms with Gasteiger partial charge >= 0.3 is 7.12 Å². The standard InChI is InChI=1S/C27H21BN2O2/c29-20-23(22-13-15-24(16-14-22)28(31)32)19-21-11-17-27(18-12-21)30(25-7-3-1-4-8-25)26-9-5-2-6-10-26/h1-19,31-32H. The van der Waals surface area contributed by atoms with Crippen LogP contribution in [-0.4, -0.2) is 17.2 Å². The van der Waals surface area contributed by atoms with Gasteiger partial charge in [0.1, 0.15) is 0 Å². The molecule has 0 aliphatic heterocycles. The smallest absolute Gasteiger partial charge is 0.423 e. The average Bonchev–Trinajstić information content (AvgIpc) is 2.85. The summed E-state index contributed by atoms with van der Waals surface area (Å²) in [5.41, 5.74) is 5.64. The van der Waals surface area contributed by atoms with Crippen molar-refractivity contribution in [2.24, 2.45) is 0 Å². The van der Waals surface area contributed by atoms with Crippen LogP contribution in [-0.2, 0) is 0 Å². The van der Waals surface area contributed by atoms with Crippen LogP contribution in [0.4, 0.5) is 17.1 Å². The van der Waals surface area contributed by atoms with Gasteiger partial charge in [0.2, 0.25) is 0 Å². The Hall–Kier alpha value is -4.11. The Labute approximate surface area is 188 Å². The Morgan fingerprint density at radius 1 is 0.688 bits per heavy atom. The molecule has 0 unspecified atom stereocenters. The molecule has 4 rings (SSSR count). The molecule has 0 fully saturated rings. The summed E-state index contributed by atoms with van der Waals surface area (Å²) in [6, 6.07) is 37.2. The van der Waals surface area contributed by atoms with Gasteiger partial charge in [-0.05, 0) is 59.1 Å². The first-order chi connectivity index (χ1) is 15.7. The second-order valence-electron chi connectivity index (χ2n) is 7.26. The van der Waals surface area contributed by atoms with Crippen molar-refractivity contribution in [3.05, 3.63) is 120 Å². The van der Waals surface area contributed by atoms with Gasteiger partial charge < -0.3 is 14.9 Å². The van der Waals surface area contributed by atoms with Crippen LogP contribution in [0, 0.1) is 11.3 Å². The molecule has 0 radical (unpaired) electrons. The van der Waals surface area contributed by atoms with E-state index in [1.54, 1.807) is 24.3 Å². The fraction of sp³-hybridized carbons (Fsp3) is 0. The van der Waals surface area contributed by atoms with Crippen LogP contribution in [0.3, 0.4) is 0 Å². The fourth-order valence-electron chi connectivity index (χ4n) is 3.50. The molecule has 0 heterocycles. The lowest BCUT2D eigenvalue weighted by molar-refractivity contribution is 0.426. The van der Waals surface area contributed by atoms with Crippen molar-refractivity contribution in [2.45, 2.75) is 0 Å². The number of para-hydroxylation sites is 2. The highest BCUT2D eigenvalue weighted by Crippen LogP contribution is 2.34. The number of nitrogens with zero attached hydrogens (tertiary/aromatic N) is 2. The molecule has 0 aliphatic rings. The van der Waals surface area contributed by atoms with E-state index in [0.29, 0.717) is 11.0 Å². The molecular formula is C27H21BN2O2. The Morgan fingerprint density at radius 2 is 1.19 bits per heavy atom. The maximum absolute atomic E-state index is 9.63. The van der Waals surface area contributed by atoms with Crippen LogP contribution in [0.15, 0.2) is 109 Å². The molecular weight excluding hydrogens is 395 g/mol. The highest BCUT2D eigenvalue weighted by molar-refractivity contribution is 6.58. The summed E-state index contributed by atoms with van der Waals surface area (Å²) in [5, 5.41) is 28.1. The van der Waals surface area contributed by atoms with Crippen molar-refractivity contribution in [1.82, 2.24) is 0 Å². The van der Waals surface area contributed by atoms with E-state index in [0.717, 1.165) is 28.2 Å². The number of hydrogen-bond donors (Lipinski definition) is 2. The summed E-state index contributed by atoms with van der Waals surface area (Å²) in [6.45, 7) is 0. The number of nitriles is 1. The molecule has 0 saturated carbocycles. The molecule has 0 spiro atoms. The lowest BCUT2D eigenvalue weighted by Gasteiger charge is -2.25. The van der Waals surface area contributed by atoms with Crippen molar-refractivity contribution in [2.75, 3.05) is 4.90 Å². The highest BCUT2D eigenvalue weighted by Gasteiger charge is 2.12. The van der Waals surface area contributed by atoms with Crippen molar-refractivity contribution in [3.63, 3.8) is 0 Å². The van der Waals surface area contributed by atoms with Crippen molar-refractivity contribution < 1.29 is 10.0 Å². The van der Waals surface area contributed by atoms with E-state index in [-0.39, 0.29) is 0 Å². The SMILES string of the molecule is N#CC(=Cc1ccc(N(c2ccccc2)c2ccccc2)cc1)c1ccc(B(O)O)cc1.